The molecule has 2 fully saturated rings. The minimum atomic E-state index is -0.833. The molecule has 0 aliphatic carbocycles. The minimum absolute atomic E-state index is 0.218. The van der Waals surface area contributed by atoms with Gasteiger partial charge in [-0.15, -0.1) is 0 Å². The lowest BCUT2D eigenvalue weighted by atomic mass is 10.1. The molecule has 33 heavy (non-hydrogen) atoms. The van der Waals surface area contributed by atoms with Crippen LogP contribution in [0.1, 0.15) is 30.9 Å². The zero-order valence-electron chi connectivity index (χ0n) is 18.3. The van der Waals surface area contributed by atoms with Crippen molar-refractivity contribution in [3.8, 4) is 11.8 Å². The van der Waals surface area contributed by atoms with E-state index in [4.69, 9.17) is 24.6 Å². The zero-order valence-corrected chi connectivity index (χ0v) is 18.3. The van der Waals surface area contributed by atoms with Crippen LogP contribution in [0, 0.1) is 11.3 Å². The second-order valence-corrected chi connectivity index (χ2v) is 7.64. The summed E-state index contributed by atoms with van der Waals surface area (Å²) in [6.45, 7) is 3.26. The first kappa shape index (κ1) is 24.0. The van der Waals surface area contributed by atoms with Gasteiger partial charge in [-0.05, 0) is 30.5 Å². The summed E-state index contributed by atoms with van der Waals surface area (Å²) in [5.74, 6) is -1.08. The maximum Gasteiger partial charge on any atom is 0.300 e. The fourth-order valence-electron chi connectivity index (χ4n) is 3.84. The molecule has 2 saturated heterocycles. The van der Waals surface area contributed by atoms with Crippen molar-refractivity contribution < 1.29 is 24.5 Å². The van der Waals surface area contributed by atoms with E-state index >= 15 is 0 Å². The van der Waals surface area contributed by atoms with Crippen LogP contribution in [-0.4, -0.2) is 46.2 Å². The van der Waals surface area contributed by atoms with E-state index in [0.29, 0.717) is 29.7 Å². The van der Waals surface area contributed by atoms with Crippen LogP contribution in [0.3, 0.4) is 0 Å². The monoisotopic (exact) mass is 450 g/mol. The van der Waals surface area contributed by atoms with Crippen LogP contribution in [0.4, 0.5) is 0 Å². The van der Waals surface area contributed by atoms with E-state index in [1.807, 2.05) is 30.3 Å². The third-order valence-electron chi connectivity index (χ3n) is 5.32. The number of aromatic nitrogens is 1. The Kier molecular flexibility index (Phi) is 8.19. The molecule has 0 unspecified atom stereocenters. The molecule has 0 bridgehead atoms. The number of ether oxygens (including phenoxy) is 2. The summed E-state index contributed by atoms with van der Waals surface area (Å²) in [6, 6.07) is 18.4. The smallest absolute Gasteiger partial charge is 0.300 e. The van der Waals surface area contributed by atoms with Crippen LogP contribution in [0.2, 0.25) is 0 Å². The van der Waals surface area contributed by atoms with Gasteiger partial charge in [-0.25, -0.2) is 0 Å². The van der Waals surface area contributed by atoms with Gasteiger partial charge < -0.3 is 24.3 Å². The second kappa shape index (κ2) is 11.3. The SMILES string of the molecule is C1C[C@H]2OCC[C@H]2O1.CC(=O)O.N#Cc1c(O)c2ccccc2n(Cc2ccccc2)c1=O. The van der Waals surface area contributed by atoms with Crippen LogP contribution in [-0.2, 0) is 20.8 Å². The molecule has 2 atom stereocenters. The molecule has 172 valence electrons. The van der Waals surface area contributed by atoms with E-state index in [-0.39, 0.29) is 11.3 Å². The van der Waals surface area contributed by atoms with Gasteiger partial charge in [-0.3, -0.25) is 9.59 Å². The number of rotatable bonds is 2. The molecule has 3 aromatic rings. The van der Waals surface area contributed by atoms with Crippen molar-refractivity contribution in [2.75, 3.05) is 13.2 Å². The summed E-state index contributed by atoms with van der Waals surface area (Å²) >= 11 is 0. The first-order valence-electron chi connectivity index (χ1n) is 10.6. The Morgan fingerprint density at radius 1 is 1.06 bits per heavy atom. The average Bonchev–Trinajstić information content (AvgIpc) is 3.43. The van der Waals surface area contributed by atoms with Gasteiger partial charge in [0.05, 0.1) is 24.3 Å². The molecule has 5 rings (SSSR count). The lowest BCUT2D eigenvalue weighted by Gasteiger charge is -2.12. The first-order valence-corrected chi connectivity index (χ1v) is 10.6. The van der Waals surface area contributed by atoms with Gasteiger partial charge >= 0.3 is 0 Å². The molecule has 0 amide bonds. The summed E-state index contributed by atoms with van der Waals surface area (Å²) in [4.78, 5) is 21.4. The van der Waals surface area contributed by atoms with Crippen molar-refractivity contribution in [2.24, 2.45) is 0 Å². The minimum Gasteiger partial charge on any atom is -0.506 e. The summed E-state index contributed by atoms with van der Waals surface area (Å²) in [5.41, 5.74) is 0.879. The van der Waals surface area contributed by atoms with Crippen molar-refractivity contribution in [3.63, 3.8) is 0 Å². The number of nitrogens with zero attached hydrogens (tertiary/aromatic N) is 2. The number of pyridine rings is 1. The molecule has 1 aromatic heterocycles. The van der Waals surface area contributed by atoms with Crippen LogP contribution < -0.4 is 5.56 Å². The number of fused-ring (bicyclic) bond motifs is 2. The highest BCUT2D eigenvalue weighted by atomic mass is 16.6. The molecule has 2 aliphatic heterocycles. The molecule has 3 heterocycles. The molecule has 2 aromatic carbocycles. The lowest BCUT2D eigenvalue weighted by Crippen LogP contribution is -2.23. The quantitative estimate of drug-likeness (QED) is 0.614. The number of aromatic hydroxyl groups is 1. The van der Waals surface area contributed by atoms with Gasteiger partial charge in [-0.1, -0.05) is 42.5 Å². The van der Waals surface area contributed by atoms with E-state index in [0.717, 1.165) is 38.5 Å². The number of para-hydroxylation sites is 1. The topological polar surface area (TPSA) is 122 Å². The number of aliphatic carboxylic acids is 1. The van der Waals surface area contributed by atoms with Gasteiger partial charge in [0.2, 0.25) is 0 Å². The molecule has 8 heteroatoms. The van der Waals surface area contributed by atoms with Crippen molar-refractivity contribution in [3.05, 3.63) is 76.1 Å². The van der Waals surface area contributed by atoms with Crippen molar-refractivity contribution in [2.45, 2.75) is 38.5 Å². The molecular formula is C25H26N2O6. The van der Waals surface area contributed by atoms with Crippen molar-refractivity contribution >= 4 is 16.9 Å². The highest BCUT2D eigenvalue weighted by Gasteiger charge is 2.33. The lowest BCUT2D eigenvalue weighted by molar-refractivity contribution is -0.134. The molecule has 2 aliphatic rings. The zero-order chi connectivity index (χ0) is 23.8. The number of hydrogen-bond acceptors (Lipinski definition) is 6. The number of carboxylic acid groups (broad SMARTS) is 1. The molecule has 0 saturated carbocycles. The fraction of sp³-hybridized carbons (Fsp3) is 0.320. The Balaban J connectivity index is 0.000000208. The van der Waals surface area contributed by atoms with E-state index < -0.39 is 11.5 Å². The number of nitriles is 1. The third kappa shape index (κ3) is 5.98. The summed E-state index contributed by atoms with van der Waals surface area (Å²) in [7, 11) is 0. The Morgan fingerprint density at radius 3 is 2.18 bits per heavy atom. The van der Waals surface area contributed by atoms with Crippen LogP contribution in [0.25, 0.3) is 10.9 Å². The second-order valence-electron chi connectivity index (χ2n) is 7.64. The first-order chi connectivity index (χ1) is 15.9. The number of carboxylic acids is 1. The standard InChI is InChI=1S/C17H12N2O2.C6H10O2.C2H4O2/c18-10-14-16(20)13-8-4-5-9-15(13)19(17(14)21)11-12-6-2-1-3-7-12;1-3-7-6-2-4-8-5(1)6;1-2(3)4/h1-9,20H,11H2;5-6H,1-4H2;1H3,(H,3,4)/t;5-,6-;/m.1./s1. The molecule has 0 radical (unpaired) electrons. The number of hydrogen-bond donors (Lipinski definition) is 2. The summed E-state index contributed by atoms with van der Waals surface area (Å²) in [5, 5.41) is 27.1. The van der Waals surface area contributed by atoms with Gasteiger partial charge in [0.1, 0.15) is 11.8 Å². The Bertz CT molecular complexity index is 1180. The largest absolute Gasteiger partial charge is 0.506 e. The third-order valence-corrected chi connectivity index (χ3v) is 5.32. The molecule has 2 N–H and O–H groups in total. The van der Waals surface area contributed by atoms with Crippen molar-refractivity contribution in [1.82, 2.24) is 4.57 Å². The summed E-state index contributed by atoms with van der Waals surface area (Å²) in [6.07, 6.45) is 3.14. The highest BCUT2D eigenvalue weighted by molar-refractivity contribution is 5.87. The van der Waals surface area contributed by atoms with Gasteiger partial charge in [-0.2, -0.15) is 5.26 Å². The van der Waals surface area contributed by atoms with E-state index in [1.165, 1.54) is 4.57 Å². The maximum absolute atomic E-state index is 12.4. The van der Waals surface area contributed by atoms with Crippen LogP contribution >= 0.6 is 0 Å². The predicted molar refractivity (Wildman–Crippen MR) is 122 cm³/mol. The van der Waals surface area contributed by atoms with E-state index in [1.54, 1.807) is 30.3 Å². The Morgan fingerprint density at radius 2 is 1.61 bits per heavy atom. The molecular weight excluding hydrogens is 424 g/mol. The number of benzene rings is 2. The van der Waals surface area contributed by atoms with Gasteiger partial charge in [0.25, 0.3) is 11.5 Å². The van der Waals surface area contributed by atoms with Crippen LogP contribution in [0.15, 0.2) is 59.4 Å². The normalized spacial score (nSPS) is 18.3. The fourth-order valence-corrected chi connectivity index (χ4v) is 3.84. The van der Waals surface area contributed by atoms with E-state index in [2.05, 4.69) is 0 Å². The molecule has 0 spiro atoms. The summed E-state index contributed by atoms with van der Waals surface area (Å²) < 4.78 is 12.2. The maximum atomic E-state index is 12.4. The van der Waals surface area contributed by atoms with Gasteiger partial charge in [0.15, 0.2) is 5.56 Å². The number of carbonyl (C=O) groups is 1. The average molecular weight is 450 g/mol. The highest BCUT2D eigenvalue weighted by Crippen LogP contribution is 2.26. The van der Waals surface area contributed by atoms with Crippen molar-refractivity contribution in [1.29, 1.82) is 5.26 Å². The Hall–Kier alpha value is -3.67. The molecule has 8 nitrogen and oxygen atoms in total. The van der Waals surface area contributed by atoms with Gasteiger partial charge in [0, 0.05) is 25.5 Å². The Labute approximate surface area is 191 Å². The van der Waals surface area contributed by atoms with Crippen LogP contribution in [0.5, 0.6) is 5.75 Å². The van der Waals surface area contributed by atoms with E-state index in [9.17, 15) is 9.90 Å². The predicted octanol–water partition coefficient (Wildman–Crippen LogP) is 3.28.